The van der Waals surface area contributed by atoms with E-state index in [0.29, 0.717) is 17.2 Å². The smallest absolute Gasteiger partial charge is 0.344 e. The summed E-state index contributed by atoms with van der Waals surface area (Å²) >= 11 is 0. The van der Waals surface area contributed by atoms with Crippen molar-refractivity contribution < 1.29 is 28.0 Å². The molecule has 10 nitrogen and oxygen atoms in total. The highest BCUT2D eigenvalue weighted by molar-refractivity contribution is 6.07. The zero-order chi connectivity index (χ0) is 19.7. The lowest BCUT2D eigenvalue weighted by Crippen LogP contribution is -2.11. The second-order valence-electron chi connectivity index (χ2n) is 5.73. The fourth-order valence-corrected chi connectivity index (χ4v) is 2.67. The van der Waals surface area contributed by atoms with Gasteiger partial charge in [-0.05, 0) is 27.7 Å². The van der Waals surface area contributed by atoms with E-state index in [0.717, 1.165) is 0 Å². The SMILES string of the molecule is CCOC(=O)c1c(C)oc2nc(COC(=O)c3c(C)noc3C)nc(N)c12. The van der Waals surface area contributed by atoms with E-state index in [1.807, 2.05) is 0 Å². The van der Waals surface area contributed by atoms with Crippen molar-refractivity contribution in [2.24, 2.45) is 0 Å². The summed E-state index contributed by atoms with van der Waals surface area (Å²) in [5.41, 5.74) is 6.95. The van der Waals surface area contributed by atoms with Gasteiger partial charge in [-0.1, -0.05) is 5.16 Å². The van der Waals surface area contributed by atoms with E-state index in [1.165, 1.54) is 0 Å². The molecule has 27 heavy (non-hydrogen) atoms. The summed E-state index contributed by atoms with van der Waals surface area (Å²) in [5.74, 6) is -0.353. The average Bonchev–Trinajstić information content (AvgIpc) is 3.12. The molecule has 0 unspecified atom stereocenters. The van der Waals surface area contributed by atoms with Crippen molar-refractivity contribution in [3.05, 3.63) is 34.2 Å². The summed E-state index contributed by atoms with van der Waals surface area (Å²) < 4.78 is 20.7. The number of hydrogen-bond acceptors (Lipinski definition) is 10. The van der Waals surface area contributed by atoms with Crippen LogP contribution in [0.25, 0.3) is 11.1 Å². The Kier molecular flexibility index (Phi) is 4.80. The van der Waals surface area contributed by atoms with E-state index < -0.39 is 11.9 Å². The van der Waals surface area contributed by atoms with Gasteiger partial charge in [-0.3, -0.25) is 0 Å². The fraction of sp³-hybridized carbons (Fsp3) is 0.353. The third kappa shape index (κ3) is 3.33. The van der Waals surface area contributed by atoms with Gasteiger partial charge in [-0.2, -0.15) is 4.98 Å². The Morgan fingerprint density at radius 2 is 1.74 bits per heavy atom. The number of anilines is 1. The molecule has 0 amide bonds. The van der Waals surface area contributed by atoms with Crippen molar-refractivity contribution in [2.75, 3.05) is 12.3 Å². The van der Waals surface area contributed by atoms with Crippen LogP contribution in [0.2, 0.25) is 0 Å². The van der Waals surface area contributed by atoms with Crippen molar-refractivity contribution in [1.29, 1.82) is 0 Å². The second-order valence-corrected chi connectivity index (χ2v) is 5.73. The number of carbonyl (C=O) groups is 2. The minimum absolute atomic E-state index is 0.0308. The van der Waals surface area contributed by atoms with Crippen molar-refractivity contribution >= 4 is 28.9 Å². The normalized spacial score (nSPS) is 11.0. The number of aryl methyl sites for hydroxylation is 3. The molecule has 142 valence electrons. The van der Waals surface area contributed by atoms with Crippen LogP contribution in [0.15, 0.2) is 8.94 Å². The lowest BCUT2D eigenvalue weighted by molar-refractivity contribution is 0.0458. The number of nitrogens with zero attached hydrogens (tertiary/aromatic N) is 3. The highest BCUT2D eigenvalue weighted by Gasteiger charge is 2.24. The van der Waals surface area contributed by atoms with Crippen molar-refractivity contribution in [3.8, 4) is 0 Å². The van der Waals surface area contributed by atoms with Gasteiger partial charge in [0.2, 0.25) is 5.71 Å². The van der Waals surface area contributed by atoms with E-state index in [-0.39, 0.29) is 47.1 Å². The molecule has 3 aromatic rings. The summed E-state index contributed by atoms with van der Waals surface area (Å²) in [6.45, 7) is 6.51. The maximum Gasteiger partial charge on any atom is 0.344 e. The highest BCUT2D eigenvalue weighted by atomic mass is 16.5. The number of hydrogen-bond donors (Lipinski definition) is 1. The number of nitrogen functional groups attached to an aromatic ring is 1. The highest BCUT2D eigenvalue weighted by Crippen LogP contribution is 2.29. The average molecular weight is 374 g/mol. The van der Waals surface area contributed by atoms with Gasteiger partial charge in [0.25, 0.3) is 0 Å². The minimum atomic E-state index is -0.614. The molecule has 0 aliphatic rings. The van der Waals surface area contributed by atoms with Crippen LogP contribution in [-0.4, -0.2) is 33.7 Å². The quantitative estimate of drug-likeness (QED) is 0.660. The minimum Gasteiger partial charge on any atom is -0.462 e. The first-order valence-electron chi connectivity index (χ1n) is 8.16. The van der Waals surface area contributed by atoms with Gasteiger partial charge >= 0.3 is 11.9 Å². The Labute approximate surface area is 153 Å². The molecular weight excluding hydrogens is 356 g/mol. The summed E-state index contributed by atoms with van der Waals surface area (Å²) in [5, 5.41) is 3.98. The Morgan fingerprint density at radius 1 is 1.04 bits per heavy atom. The molecule has 3 heterocycles. The number of furan rings is 1. The number of aromatic nitrogens is 3. The van der Waals surface area contributed by atoms with Gasteiger partial charge in [-0.15, -0.1) is 0 Å². The van der Waals surface area contributed by atoms with Gasteiger partial charge in [0.1, 0.15) is 28.5 Å². The molecule has 3 aromatic heterocycles. The van der Waals surface area contributed by atoms with Gasteiger partial charge in [0.15, 0.2) is 12.4 Å². The maximum absolute atomic E-state index is 12.2. The molecule has 10 heteroatoms. The molecule has 0 saturated carbocycles. The van der Waals surface area contributed by atoms with Crippen LogP contribution in [-0.2, 0) is 16.1 Å². The second kappa shape index (κ2) is 7.06. The topological polar surface area (TPSA) is 144 Å². The van der Waals surface area contributed by atoms with Crippen molar-refractivity contribution in [1.82, 2.24) is 15.1 Å². The van der Waals surface area contributed by atoms with Gasteiger partial charge in [0.05, 0.1) is 17.7 Å². The lowest BCUT2D eigenvalue weighted by Gasteiger charge is -2.05. The van der Waals surface area contributed by atoms with Gasteiger partial charge in [0, 0.05) is 0 Å². The van der Waals surface area contributed by atoms with Crippen LogP contribution in [0.5, 0.6) is 0 Å². The molecule has 0 fully saturated rings. The zero-order valence-electron chi connectivity index (χ0n) is 15.3. The number of ether oxygens (including phenoxy) is 2. The van der Waals surface area contributed by atoms with E-state index >= 15 is 0 Å². The number of fused-ring (bicyclic) bond motifs is 1. The Hall–Kier alpha value is -3.43. The molecule has 3 rings (SSSR count). The third-order valence-electron chi connectivity index (χ3n) is 3.85. The zero-order valence-corrected chi connectivity index (χ0v) is 15.3. The number of carbonyl (C=O) groups excluding carboxylic acids is 2. The summed E-state index contributed by atoms with van der Waals surface area (Å²) in [6, 6.07) is 0. The van der Waals surface area contributed by atoms with Crippen molar-refractivity contribution in [2.45, 2.75) is 34.3 Å². The Morgan fingerprint density at radius 3 is 2.37 bits per heavy atom. The van der Waals surface area contributed by atoms with E-state index in [9.17, 15) is 9.59 Å². The Balaban J connectivity index is 1.87. The molecule has 0 atom stereocenters. The van der Waals surface area contributed by atoms with Crippen LogP contribution in [0.1, 0.15) is 50.7 Å². The number of esters is 2. The predicted octanol–water partition coefficient (Wildman–Crippen LogP) is 2.25. The van der Waals surface area contributed by atoms with Crippen molar-refractivity contribution in [3.63, 3.8) is 0 Å². The molecule has 0 radical (unpaired) electrons. The molecule has 0 aliphatic carbocycles. The van der Waals surface area contributed by atoms with Crippen LogP contribution >= 0.6 is 0 Å². The summed E-state index contributed by atoms with van der Waals surface area (Å²) in [7, 11) is 0. The predicted molar refractivity (Wildman–Crippen MR) is 92.0 cm³/mol. The van der Waals surface area contributed by atoms with Crippen LogP contribution in [0, 0.1) is 20.8 Å². The third-order valence-corrected chi connectivity index (χ3v) is 3.85. The summed E-state index contributed by atoms with van der Waals surface area (Å²) in [6.07, 6.45) is 0. The lowest BCUT2D eigenvalue weighted by atomic mass is 10.2. The molecule has 2 N–H and O–H groups in total. The van der Waals surface area contributed by atoms with Crippen LogP contribution in [0.4, 0.5) is 5.82 Å². The van der Waals surface area contributed by atoms with Crippen LogP contribution in [0.3, 0.4) is 0 Å². The van der Waals surface area contributed by atoms with Gasteiger partial charge in [-0.25, -0.2) is 14.6 Å². The maximum atomic E-state index is 12.2. The van der Waals surface area contributed by atoms with E-state index in [4.69, 9.17) is 24.1 Å². The van der Waals surface area contributed by atoms with E-state index in [2.05, 4.69) is 15.1 Å². The summed E-state index contributed by atoms with van der Waals surface area (Å²) in [4.78, 5) is 32.6. The monoisotopic (exact) mass is 374 g/mol. The fourth-order valence-electron chi connectivity index (χ4n) is 2.67. The standard InChI is InChI=1S/C17H18N4O6/c1-5-24-17(23)12-8(3)26-15-13(12)14(18)19-10(20-15)6-25-16(22)11-7(2)21-27-9(11)4/h5-6H2,1-4H3,(H2,18,19,20). The van der Waals surface area contributed by atoms with Crippen LogP contribution < -0.4 is 5.73 Å². The van der Waals surface area contributed by atoms with Gasteiger partial charge < -0.3 is 24.1 Å². The number of nitrogens with two attached hydrogens (primary N) is 1. The molecule has 0 aliphatic heterocycles. The molecule has 0 spiro atoms. The first-order chi connectivity index (χ1) is 12.8. The first kappa shape index (κ1) is 18.4. The number of rotatable bonds is 5. The molecule has 0 aromatic carbocycles. The molecule has 0 bridgehead atoms. The largest absolute Gasteiger partial charge is 0.462 e. The molecular formula is C17H18N4O6. The first-order valence-corrected chi connectivity index (χ1v) is 8.16. The Bertz CT molecular complexity index is 1020. The van der Waals surface area contributed by atoms with E-state index in [1.54, 1.807) is 27.7 Å². The molecule has 0 saturated heterocycles.